The molecule has 23 heavy (non-hydrogen) atoms. The molecule has 1 heterocycles. The summed E-state index contributed by atoms with van der Waals surface area (Å²) >= 11 is 0. The topological polar surface area (TPSA) is 49.4 Å². The molecule has 2 aliphatic rings. The molecule has 1 saturated carbocycles. The number of nitrogens with zero attached hydrogens (tertiary/aromatic N) is 1. The molecular formula is C18H23FN2O2. The lowest BCUT2D eigenvalue weighted by atomic mass is 9.84. The lowest BCUT2D eigenvalue weighted by molar-refractivity contribution is -0.132. The Labute approximate surface area is 136 Å². The second kappa shape index (κ2) is 7.11. The van der Waals surface area contributed by atoms with Crippen molar-refractivity contribution in [3.05, 3.63) is 35.6 Å². The van der Waals surface area contributed by atoms with Crippen molar-refractivity contribution in [1.29, 1.82) is 0 Å². The molecule has 1 aromatic carbocycles. The van der Waals surface area contributed by atoms with Crippen molar-refractivity contribution in [2.24, 2.45) is 5.92 Å². The molecule has 0 unspecified atom stereocenters. The second-order valence-corrected chi connectivity index (χ2v) is 6.59. The second-order valence-electron chi connectivity index (χ2n) is 6.59. The third-order valence-corrected chi connectivity index (χ3v) is 4.94. The van der Waals surface area contributed by atoms with E-state index >= 15 is 0 Å². The first-order valence-electron chi connectivity index (χ1n) is 8.44. The molecular weight excluding hydrogens is 295 g/mol. The highest BCUT2D eigenvalue weighted by molar-refractivity contribution is 5.80. The smallest absolute Gasteiger partial charge is 0.226 e. The number of rotatable bonds is 4. The van der Waals surface area contributed by atoms with Crippen LogP contribution in [0.2, 0.25) is 0 Å². The summed E-state index contributed by atoms with van der Waals surface area (Å²) in [5.74, 6) is 0.185. The van der Waals surface area contributed by atoms with Gasteiger partial charge >= 0.3 is 0 Å². The maximum absolute atomic E-state index is 12.9. The number of nitrogens with one attached hydrogen (secondary N) is 1. The Bertz CT molecular complexity index is 561. The van der Waals surface area contributed by atoms with Crippen molar-refractivity contribution in [2.75, 3.05) is 13.1 Å². The van der Waals surface area contributed by atoms with Gasteiger partial charge in [0.1, 0.15) is 5.82 Å². The van der Waals surface area contributed by atoms with Crippen LogP contribution in [0.4, 0.5) is 4.39 Å². The quantitative estimate of drug-likeness (QED) is 0.926. The van der Waals surface area contributed by atoms with E-state index in [0.29, 0.717) is 19.5 Å². The average molecular weight is 318 g/mol. The van der Waals surface area contributed by atoms with E-state index in [2.05, 4.69) is 5.32 Å². The monoisotopic (exact) mass is 318 g/mol. The first-order chi connectivity index (χ1) is 11.1. The number of carbonyl (C=O) groups is 2. The Kier molecular flexibility index (Phi) is 4.94. The number of hydrogen-bond acceptors (Lipinski definition) is 2. The van der Waals surface area contributed by atoms with Crippen LogP contribution in [0, 0.1) is 11.7 Å². The molecule has 3 rings (SSSR count). The molecule has 124 valence electrons. The Morgan fingerprint density at radius 3 is 2.30 bits per heavy atom. The number of likely N-dealkylation sites (tertiary alicyclic amines) is 1. The van der Waals surface area contributed by atoms with Crippen LogP contribution in [-0.2, 0) is 16.0 Å². The van der Waals surface area contributed by atoms with Crippen LogP contribution in [-0.4, -0.2) is 35.8 Å². The van der Waals surface area contributed by atoms with Crippen LogP contribution in [0.1, 0.15) is 37.7 Å². The highest BCUT2D eigenvalue weighted by Gasteiger charge is 2.29. The first-order valence-corrected chi connectivity index (χ1v) is 8.44. The number of piperidine rings is 1. The normalized spacial score (nSPS) is 19.3. The van der Waals surface area contributed by atoms with Gasteiger partial charge in [-0.25, -0.2) is 4.39 Å². The van der Waals surface area contributed by atoms with Crippen LogP contribution in [0.3, 0.4) is 0 Å². The van der Waals surface area contributed by atoms with Crippen molar-refractivity contribution in [2.45, 2.75) is 44.6 Å². The minimum atomic E-state index is -0.288. The molecule has 0 aromatic heterocycles. The van der Waals surface area contributed by atoms with Crippen molar-refractivity contribution >= 4 is 11.8 Å². The Morgan fingerprint density at radius 2 is 1.74 bits per heavy atom. The zero-order valence-corrected chi connectivity index (χ0v) is 13.3. The molecule has 5 heteroatoms. The zero-order chi connectivity index (χ0) is 16.2. The zero-order valence-electron chi connectivity index (χ0n) is 13.3. The highest BCUT2D eigenvalue weighted by Crippen LogP contribution is 2.26. The summed E-state index contributed by atoms with van der Waals surface area (Å²) in [6.07, 6.45) is 5.12. The number of benzene rings is 1. The highest BCUT2D eigenvalue weighted by atomic mass is 19.1. The summed E-state index contributed by atoms with van der Waals surface area (Å²) in [5.41, 5.74) is 0.830. The molecule has 1 aliphatic heterocycles. The van der Waals surface area contributed by atoms with Crippen molar-refractivity contribution < 1.29 is 14.0 Å². The van der Waals surface area contributed by atoms with Gasteiger partial charge in [0.05, 0.1) is 6.42 Å². The largest absolute Gasteiger partial charge is 0.353 e. The molecule has 1 aromatic rings. The molecule has 1 saturated heterocycles. The Morgan fingerprint density at radius 1 is 1.09 bits per heavy atom. The molecule has 0 spiro atoms. The van der Waals surface area contributed by atoms with E-state index in [1.54, 1.807) is 12.1 Å². The van der Waals surface area contributed by atoms with Gasteiger partial charge in [-0.15, -0.1) is 0 Å². The van der Waals surface area contributed by atoms with Gasteiger partial charge in [0.15, 0.2) is 0 Å². The summed E-state index contributed by atoms with van der Waals surface area (Å²) < 4.78 is 12.9. The van der Waals surface area contributed by atoms with Gasteiger partial charge in [0.2, 0.25) is 11.8 Å². The van der Waals surface area contributed by atoms with Crippen LogP contribution in [0.25, 0.3) is 0 Å². The van der Waals surface area contributed by atoms with Crippen LogP contribution in [0.15, 0.2) is 24.3 Å². The SMILES string of the molecule is O=C(NC1CCN(C(=O)Cc2ccc(F)cc2)CC1)C1CCC1. The molecule has 0 bridgehead atoms. The van der Waals surface area contributed by atoms with Gasteiger partial charge in [0.25, 0.3) is 0 Å². The Balaban J connectivity index is 1.43. The number of carbonyl (C=O) groups excluding carboxylic acids is 2. The van der Waals surface area contributed by atoms with Crippen LogP contribution in [0.5, 0.6) is 0 Å². The fourth-order valence-corrected chi connectivity index (χ4v) is 3.15. The van der Waals surface area contributed by atoms with Gasteiger partial charge in [-0.2, -0.15) is 0 Å². The molecule has 4 nitrogen and oxygen atoms in total. The number of halogens is 1. The summed E-state index contributed by atoms with van der Waals surface area (Å²) in [5, 5.41) is 3.12. The van der Waals surface area contributed by atoms with Crippen molar-refractivity contribution in [3.8, 4) is 0 Å². The van der Waals surface area contributed by atoms with E-state index in [9.17, 15) is 14.0 Å². The van der Waals surface area contributed by atoms with Crippen LogP contribution < -0.4 is 5.32 Å². The molecule has 0 atom stereocenters. The number of hydrogen-bond donors (Lipinski definition) is 1. The number of amides is 2. The van der Waals surface area contributed by atoms with Crippen molar-refractivity contribution in [3.63, 3.8) is 0 Å². The van der Waals surface area contributed by atoms with Gasteiger partial charge < -0.3 is 10.2 Å². The maximum atomic E-state index is 12.9. The third kappa shape index (κ3) is 4.09. The van der Waals surface area contributed by atoms with Gasteiger partial charge in [-0.3, -0.25) is 9.59 Å². The summed E-state index contributed by atoms with van der Waals surface area (Å²) in [6.45, 7) is 1.35. The lowest BCUT2D eigenvalue weighted by Gasteiger charge is -2.34. The summed E-state index contributed by atoms with van der Waals surface area (Å²) in [7, 11) is 0. The van der Waals surface area contributed by atoms with E-state index in [1.807, 2.05) is 4.90 Å². The molecule has 2 fully saturated rings. The first kappa shape index (κ1) is 16.0. The molecule has 1 N–H and O–H groups in total. The molecule has 2 amide bonds. The minimum absolute atomic E-state index is 0.0698. The Hall–Kier alpha value is -1.91. The van der Waals surface area contributed by atoms with E-state index in [4.69, 9.17) is 0 Å². The lowest BCUT2D eigenvalue weighted by Crippen LogP contribution is -2.48. The molecule has 1 aliphatic carbocycles. The third-order valence-electron chi connectivity index (χ3n) is 4.94. The summed E-state index contributed by atoms with van der Waals surface area (Å²) in [4.78, 5) is 26.1. The fraction of sp³-hybridized carbons (Fsp3) is 0.556. The summed E-state index contributed by atoms with van der Waals surface area (Å²) in [6, 6.07) is 6.26. The predicted molar refractivity (Wildman–Crippen MR) is 85.2 cm³/mol. The fourth-order valence-electron chi connectivity index (χ4n) is 3.15. The van der Waals surface area contributed by atoms with E-state index in [0.717, 1.165) is 37.7 Å². The van der Waals surface area contributed by atoms with Crippen molar-refractivity contribution in [1.82, 2.24) is 10.2 Å². The van der Waals surface area contributed by atoms with Gasteiger partial charge in [0, 0.05) is 25.0 Å². The maximum Gasteiger partial charge on any atom is 0.226 e. The average Bonchev–Trinajstić information content (AvgIpc) is 2.48. The van der Waals surface area contributed by atoms with Gasteiger partial charge in [-0.05, 0) is 43.4 Å². The van der Waals surface area contributed by atoms with E-state index in [-0.39, 0.29) is 29.6 Å². The minimum Gasteiger partial charge on any atom is -0.353 e. The van der Waals surface area contributed by atoms with Crippen LogP contribution >= 0.6 is 0 Å². The van der Waals surface area contributed by atoms with Gasteiger partial charge in [-0.1, -0.05) is 18.6 Å². The standard InChI is InChI=1S/C18H23FN2O2/c19-15-6-4-13(5-7-15)12-17(22)21-10-8-16(9-11-21)20-18(23)14-2-1-3-14/h4-7,14,16H,1-3,8-12H2,(H,20,23). The van der Waals surface area contributed by atoms with E-state index < -0.39 is 0 Å². The van der Waals surface area contributed by atoms with E-state index in [1.165, 1.54) is 12.1 Å². The predicted octanol–water partition coefficient (Wildman–Crippen LogP) is 2.28. The molecule has 0 radical (unpaired) electrons.